The van der Waals surface area contributed by atoms with Gasteiger partial charge >= 0.3 is 0 Å². The van der Waals surface area contributed by atoms with Gasteiger partial charge < -0.3 is 19.3 Å². The number of aliphatic hydroxyl groups excluding tert-OH is 1. The van der Waals surface area contributed by atoms with E-state index in [9.17, 15) is 5.11 Å². The zero-order valence-electron chi connectivity index (χ0n) is 13.8. The zero-order chi connectivity index (χ0) is 16.7. The number of hydrogen-bond acceptors (Lipinski definition) is 7. The minimum atomic E-state index is -0.569. The highest BCUT2D eigenvalue weighted by atomic mass is 16.5. The predicted octanol–water partition coefficient (Wildman–Crippen LogP) is 1.15. The maximum atomic E-state index is 10.0. The first-order valence-corrected chi connectivity index (χ1v) is 7.53. The molecule has 0 aliphatic rings. The third-order valence-electron chi connectivity index (χ3n) is 3.21. The van der Waals surface area contributed by atoms with Gasteiger partial charge in [0, 0.05) is 20.6 Å². The quantitative estimate of drug-likeness (QED) is 0.742. The Kier molecular flexibility index (Phi) is 6.52. The van der Waals surface area contributed by atoms with E-state index in [1.165, 1.54) is 0 Å². The van der Waals surface area contributed by atoms with E-state index >= 15 is 0 Å². The van der Waals surface area contributed by atoms with E-state index in [4.69, 9.17) is 9.26 Å². The van der Waals surface area contributed by atoms with Crippen molar-refractivity contribution in [3.8, 4) is 0 Å². The topological polar surface area (TPSA) is 74.9 Å². The minimum Gasteiger partial charge on any atom is -0.389 e. The molecule has 0 spiro atoms. The molecule has 0 amide bonds. The molecule has 1 heterocycles. The molecule has 1 atom stereocenters. The van der Waals surface area contributed by atoms with E-state index < -0.39 is 6.10 Å². The summed E-state index contributed by atoms with van der Waals surface area (Å²) in [7, 11) is 5.60. The van der Waals surface area contributed by atoms with Crippen LogP contribution in [-0.4, -0.2) is 60.5 Å². The maximum Gasteiger partial charge on any atom is 0.265 e. The molecular formula is C16H24N4O3. The van der Waals surface area contributed by atoms with Crippen LogP contribution >= 0.6 is 0 Å². The molecule has 7 heteroatoms. The lowest BCUT2D eigenvalue weighted by molar-refractivity contribution is 0.0115. The molecule has 0 fully saturated rings. The van der Waals surface area contributed by atoms with Crippen molar-refractivity contribution >= 4 is 5.95 Å². The third kappa shape index (κ3) is 5.97. The van der Waals surface area contributed by atoms with Gasteiger partial charge in [-0.25, -0.2) is 0 Å². The van der Waals surface area contributed by atoms with Crippen molar-refractivity contribution in [2.45, 2.75) is 19.3 Å². The number of anilines is 1. The van der Waals surface area contributed by atoms with Crippen LogP contribution in [0, 0.1) is 0 Å². The van der Waals surface area contributed by atoms with E-state index in [2.05, 4.69) is 10.1 Å². The summed E-state index contributed by atoms with van der Waals surface area (Å²) >= 11 is 0. The molecule has 2 aromatic rings. The summed E-state index contributed by atoms with van der Waals surface area (Å²) in [6.45, 7) is 1.73. The van der Waals surface area contributed by atoms with Crippen LogP contribution in [-0.2, 0) is 17.9 Å². The van der Waals surface area contributed by atoms with Crippen molar-refractivity contribution in [3.63, 3.8) is 0 Å². The van der Waals surface area contributed by atoms with Crippen molar-refractivity contribution in [1.82, 2.24) is 15.0 Å². The average Bonchev–Trinajstić information content (AvgIpc) is 2.97. The predicted molar refractivity (Wildman–Crippen MR) is 87.1 cm³/mol. The fraction of sp³-hybridized carbons (Fsp3) is 0.500. The summed E-state index contributed by atoms with van der Waals surface area (Å²) in [6, 6.07) is 9.89. The van der Waals surface area contributed by atoms with Crippen molar-refractivity contribution < 1.29 is 14.4 Å². The molecule has 0 radical (unpaired) electrons. The fourth-order valence-corrected chi connectivity index (χ4v) is 2.09. The Labute approximate surface area is 136 Å². The summed E-state index contributed by atoms with van der Waals surface area (Å²) in [6.07, 6.45) is -0.569. The van der Waals surface area contributed by atoms with Gasteiger partial charge in [-0.2, -0.15) is 4.98 Å². The van der Waals surface area contributed by atoms with Gasteiger partial charge in [-0.15, -0.1) is 0 Å². The number of hydrogen-bond donors (Lipinski definition) is 1. The first-order valence-electron chi connectivity index (χ1n) is 7.53. The molecule has 0 saturated carbocycles. The molecule has 1 aromatic carbocycles. The Morgan fingerprint density at radius 1 is 1.22 bits per heavy atom. The van der Waals surface area contributed by atoms with Crippen LogP contribution in [0.15, 0.2) is 34.9 Å². The van der Waals surface area contributed by atoms with E-state index in [0.717, 1.165) is 5.56 Å². The van der Waals surface area contributed by atoms with E-state index in [0.29, 0.717) is 31.5 Å². The number of ether oxygens (including phenoxy) is 1. The first kappa shape index (κ1) is 17.4. The number of likely N-dealkylation sites (N-methyl/N-ethyl adjacent to an activating group) is 1. The first-order chi connectivity index (χ1) is 11.0. The second kappa shape index (κ2) is 8.61. The minimum absolute atomic E-state index is 0.284. The maximum absolute atomic E-state index is 10.0. The summed E-state index contributed by atoms with van der Waals surface area (Å²) < 4.78 is 10.7. The lowest BCUT2D eigenvalue weighted by atomic mass is 10.2. The monoisotopic (exact) mass is 320 g/mol. The van der Waals surface area contributed by atoms with E-state index in [1.807, 2.05) is 56.4 Å². The largest absolute Gasteiger partial charge is 0.389 e. The average molecular weight is 320 g/mol. The molecule has 1 aromatic heterocycles. The molecule has 7 nitrogen and oxygen atoms in total. The Balaban J connectivity index is 1.68. The molecule has 2 rings (SSSR count). The van der Waals surface area contributed by atoms with Gasteiger partial charge in [0.1, 0.15) is 0 Å². The van der Waals surface area contributed by atoms with Gasteiger partial charge in [0.2, 0.25) is 5.89 Å². The number of rotatable bonds is 9. The van der Waals surface area contributed by atoms with Gasteiger partial charge in [0.15, 0.2) is 0 Å². The van der Waals surface area contributed by atoms with Gasteiger partial charge in [0.05, 0.1) is 25.9 Å². The molecular weight excluding hydrogens is 296 g/mol. The summed E-state index contributed by atoms with van der Waals surface area (Å²) in [4.78, 5) is 7.95. The molecule has 0 aliphatic heterocycles. The van der Waals surface area contributed by atoms with Crippen LogP contribution in [0.2, 0.25) is 0 Å². The standard InChI is InChI=1S/C16H24N4O3/c1-19(2)16-17-15(23-18-16)10-20(3)9-14(21)12-22-11-13-7-5-4-6-8-13/h4-8,14,21H,9-12H2,1-3H3. The Morgan fingerprint density at radius 3 is 2.61 bits per heavy atom. The van der Waals surface area contributed by atoms with Gasteiger partial charge in [-0.1, -0.05) is 30.3 Å². The molecule has 23 heavy (non-hydrogen) atoms. The number of aliphatic hydroxyl groups is 1. The van der Waals surface area contributed by atoms with Crippen LogP contribution < -0.4 is 4.90 Å². The lowest BCUT2D eigenvalue weighted by Gasteiger charge is -2.18. The zero-order valence-corrected chi connectivity index (χ0v) is 13.8. The lowest BCUT2D eigenvalue weighted by Crippen LogP contribution is -2.32. The molecule has 0 bridgehead atoms. The fourth-order valence-electron chi connectivity index (χ4n) is 2.09. The number of benzene rings is 1. The van der Waals surface area contributed by atoms with Crippen molar-refractivity contribution in [2.24, 2.45) is 0 Å². The Hall–Kier alpha value is -1.96. The van der Waals surface area contributed by atoms with Gasteiger partial charge in [0.25, 0.3) is 5.95 Å². The van der Waals surface area contributed by atoms with Crippen LogP contribution in [0.1, 0.15) is 11.5 Å². The number of aromatic nitrogens is 2. The van der Waals surface area contributed by atoms with Crippen LogP contribution in [0.4, 0.5) is 5.95 Å². The van der Waals surface area contributed by atoms with Crippen molar-refractivity contribution in [2.75, 3.05) is 39.2 Å². The SMILES string of the molecule is CN(Cc1nc(N(C)C)no1)CC(O)COCc1ccccc1. The highest BCUT2D eigenvalue weighted by molar-refractivity contribution is 5.23. The number of nitrogens with zero attached hydrogens (tertiary/aromatic N) is 4. The second-order valence-electron chi connectivity index (χ2n) is 5.73. The van der Waals surface area contributed by atoms with Gasteiger partial charge in [-0.05, 0) is 17.8 Å². The summed E-state index contributed by atoms with van der Waals surface area (Å²) in [5.74, 6) is 1.06. The smallest absolute Gasteiger partial charge is 0.265 e. The molecule has 1 N–H and O–H groups in total. The molecule has 126 valence electrons. The second-order valence-corrected chi connectivity index (χ2v) is 5.73. The molecule has 0 aliphatic carbocycles. The molecule has 1 unspecified atom stereocenters. The van der Waals surface area contributed by atoms with E-state index in [1.54, 1.807) is 4.90 Å². The molecule has 0 saturated heterocycles. The van der Waals surface area contributed by atoms with Crippen LogP contribution in [0.3, 0.4) is 0 Å². The summed E-state index contributed by atoms with van der Waals surface area (Å²) in [5.41, 5.74) is 1.09. The van der Waals surface area contributed by atoms with Crippen molar-refractivity contribution in [1.29, 1.82) is 0 Å². The Morgan fingerprint density at radius 2 is 1.96 bits per heavy atom. The normalized spacial score (nSPS) is 12.6. The van der Waals surface area contributed by atoms with Gasteiger partial charge in [-0.3, -0.25) is 4.90 Å². The van der Waals surface area contributed by atoms with E-state index in [-0.39, 0.29) is 6.61 Å². The van der Waals surface area contributed by atoms with Crippen molar-refractivity contribution in [3.05, 3.63) is 41.8 Å². The summed E-state index contributed by atoms with van der Waals surface area (Å²) in [5, 5.41) is 13.9. The third-order valence-corrected chi connectivity index (χ3v) is 3.21. The van der Waals surface area contributed by atoms with Crippen LogP contribution in [0.25, 0.3) is 0 Å². The Bertz CT molecular complexity index is 574. The highest BCUT2D eigenvalue weighted by Gasteiger charge is 2.13. The van der Waals surface area contributed by atoms with Crippen LogP contribution in [0.5, 0.6) is 0 Å². The highest BCUT2D eigenvalue weighted by Crippen LogP contribution is 2.08.